The Morgan fingerprint density at radius 3 is 2.67 bits per heavy atom. The summed E-state index contributed by atoms with van der Waals surface area (Å²) in [6.45, 7) is 5.25. The van der Waals surface area contributed by atoms with E-state index in [0.717, 1.165) is 36.1 Å². The Balaban J connectivity index is 1.84. The summed E-state index contributed by atoms with van der Waals surface area (Å²) < 4.78 is 10.8. The molecule has 1 aromatic carbocycles. The lowest BCUT2D eigenvalue weighted by molar-refractivity contribution is 0.0468. The smallest absolute Gasteiger partial charge is 0.315 e. The maximum absolute atomic E-state index is 12.1. The Morgan fingerprint density at radius 1 is 1.38 bits per heavy atom. The predicted octanol–water partition coefficient (Wildman–Crippen LogP) is 1.83. The molecule has 3 N–H and O–H groups in total. The molecule has 1 aliphatic heterocycles. The van der Waals surface area contributed by atoms with Crippen LogP contribution in [-0.2, 0) is 9.47 Å². The van der Waals surface area contributed by atoms with Gasteiger partial charge in [-0.1, -0.05) is 29.3 Å². The van der Waals surface area contributed by atoms with Crippen LogP contribution in [0.1, 0.15) is 35.6 Å². The molecule has 0 radical (unpaired) electrons. The van der Waals surface area contributed by atoms with Gasteiger partial charge >= 0.3 is 6.03 Å². The Labute approximate surface area is 143 Å². The molecule has 0 saturated carbocycles. The van der Waals surface area contributed by atoms with Gasteiger partial charge in [-0.25, -0.2) is 4.79 Å². The van der Waals surface area contributed by atoms with Crippen molar-refractivity contribution in [2.24, 2.45) is 0 Å². The SMILES string of the molecule is COCC(NC(=O)NCC(O)c1cc(C)cc(C)c1)C1CCCO1. The summed E-state index contributed by atoms with van der Waals surface area (Å²) in [5.74, 6) is 0. The van der Waals surface area contributed by atoms with Crippen LogP contribution in [-0.4, -0.2) is 50.2 Å². The third-order valence-corrected chi connectivity index (χ3v) is 4.16. The molecule has 2 amide bonds. The number of ether oxygens (including phenoxy) is 2. The molecular formula is C18H28N2O4. The van der Waals surface area contributed by atoms with E-state index < -0.39 is 6.10 Å². The molecule has 0 aromatic heterocycles. The van der Waals surface area contributed by atoms with Crippen LogP contribution in [0.2, 0.25) is 0 Å². The summed E-state index contributed by atoms with van der Waals surface area (Å²) in [5.41, 5.74) is 2.99. The van der Waals surface area contributed by atoms with E-state index in [-0.39, 0.29) is 24.7 Å². The molecule has 0 bridgehead atoms. The Bertz CT molecular complexity index is 524. The molecule has 3 unspecified atom stereocenters. The highest BCUT2D eigenvalue weighted by atomic mass is 16.5. The van der Waals surface area contributed by atoms with Crippen LogP contribution in [0.15, 0.2) is 18.2 Å². The van der Waals surface area contributed by atoms with Gasteiger partial charge in [-0.05, 0) is 32.3 Å². The largest absolute Gasteiger partial charge is 0.387 e. The lowest BCUT2D eigenvalue weighted by Crippen LogP contribution is -2.50. The number of aryl methyl sites for hydroxylation is 2. The molecule has 1 fully saturated rings. The zero-order valence-corrected chi connectivity index (χ0v) is 14.7. The monoisotopic (exact) mass is 336 g/mol. The summed E-state index contributed by atoms with van der Waals surface area (Å²) in [5, 5.41) is 15.9. The van der Waals surface area contributed by atoms with Crippen molar-refractivity contribution in [1.82, 2.24) is 10.6 Å². The number of aliphatic hydroxyl groups excluding tert-OH is 1. The molecule has 3 atom stereocenters. The molecule has 24 heavy (non-hydrogen) atoms. The van der Waals surface area contributed by atoms with Crippen molar-refractivity contribution in [2.75, 3.05) is 26.9 Å². The zero-order chi connectivity index (χ0) is 17.5. The third kappa shape index (κ3) is 5.47. The molecular weight excluding hydrogens is 308 g/mol. The molecule has 6 heteroatoms. The van der Waals surface area contributed by atoms with Gasteiger partial charge in [0.1, 0.15) is 0 Å². The van der Waals surface area contributed by atoms with Crippen molar-refractivity contribution >= 4 is 6.03 Å². The van der Waals surface area contributed by atoms with Crippen LogP contribution >= 0.6 is 0 Å². The summed E-state index contributed by atoms with van der Waals surface area (Å²) in [7, 11) is 1.60. The van der Waals surface area contributed by atoms with Crippen molar-refractivity contribution in [3.8, 4) is 0 Å². The molecule has 6 nitrogen and oxygen atoms in total. The maximum Gasteiger partial charge on any atom is 0.315 e. The Kier molecular flexibility index (Phi) is 7.02. The van der Waals surface area contributed by atoms with Gasteiger partial charge in [-0.2, -0.15) is 0 Å². The van der Waals surface area contributed by atoms with Crippen molar-refractivity contribution in [1.29, 1.82) is 0 Å². The number of amides is 2. The molecule has 0 spiro atoms. The molecule has 0 aliphatic carbocycles. The molecule has 1 heterocycles. The van der Waals surface area contributed by atoms with E-state index in [0.29, 0.717) is 6.61 Å². The van der Waals surface area contributed by atoms with Crippen molar-refractivity contribution in [3.05, 3.63) is 34.9 Å². The number of carbonyl (C=O) groups is 1. The third-order valence-electron chi connectivity index (χ3n) is 4.16. The van der Waals surface area contributed by atoms with Gasteiger partial charge in [-0.3, -0.25) is 0 Å². The summed E-state index contributed by atoms with van der Waals surface area (Å²) in [4.78, 5) is 12.1. The van der Waals surface area contributed by atoms with E-state index in [2.05, 4.69) is 10.6 Å². The number of nitrogens with one attached hydrogen (secondary N) is 2. The van der Waals surface area contributed by atoms with Crippen LogP contribution in [0.4, 0.5) is 4.79 Å². The fourth-order valence-electron chi connectivity index (χ4n) is 3.07. The van der Waals surface area contributed by atoms with Gasteiger partial charge in [0, 0.05) is 20.3 Å². The van der Waals surface area contributed by atoms with E-state index in [4.69, 9.17) is 9.47 Å². The number of carbonyl (C=O) groups excluding carboxylic acids is 1. The van der Waals surface area contributed by atoms with Gasteiger partial charge in [0.25, 0.3) is 0 Å². The molecule has 1 saturated heterocycles. The summed E-state index contributed by atoms with van der Waals surface area (Å²) in [6, 6.07) is 5.40. The Hall–Kier alpha value is -1.63. The van der Waals surface area contributed by atoms with Crippen LogP contribution < -0.4 is 10.6 Å². The van der Waals surface area contributed by atoms with Gasteiger partial charge in [0.05, 0.1) is 24.9 Å². The van der Waals surface area contributed by atoms with Crippen molar-refractivity contribution < 1.29 is 19.4 Å². The maximum atomic E-state index is 12.1. The average Bonchev–Trinajstić information content (AvgIpc) is 3.05. The number of hydrogen-bond donors (Lipinski definition) is 3. The number of rotatable bonds is 7. The highest BCUT2D eigenvalue weighted by Gasteiger charge is 2.27. The van der Waals surface area contributed by atoms with Gasteiger partial charge < -0.3 is 25.2 Å². The number of hydrogen-bond acceptors (Lipinski definition) is 4. The standard InChI is InChI=1S/C18H28N2O4/c1-12-7-13(2)9-14(8-12)16(21)10-19-18(22)20-15(11-23-3)17-5-4-6-24-17/h7-9,15-17,21H,4-6,10-11H2,1-3H3,(H2,19,20,22). The van der Waals surface area contributed by atoms with Gasteiger partial charge in [0.15, 0.2) is 0 Å². The van der Waals surface area contributed by atoms with E-state index >= 15 is 0 Å². The fraction of sp³-hybridized carbons (Fsp3) is 0.611. The topological polar surface area (TPSA) is 79.8 Å². The lowest BCUT2D eigenvalue weighted by atomic mass is 10.0. The minimum absolute atomic E-state index is 0.0138. The first kappa shape index (κ1) is 18.7. The summed E-state index contributed by atoms with van der Waals surface area (Å²) >= 11 is 0. The van der Waals surface area contributed by atoms with Crippen molar-refractivity contribution in [3.63, 3.8) is 0 Å². The molecule has 1 aliphatic rings. The first-order valence-corrected chi connectivity index (χ1v) is 8.40. The van der Waals surface area contributed by atoms with Crippen LogP contribution in [0.3, 0.4) is 0 Å². The fourth-order valence-corrected chi connectivity index (χ4v) is 3.07. The second kappa shape index (κ2) is 9.01. The highest BCUT2D eigenvalue weighted by Crippen LogP contribution is 2.17. The van der Waals surface area contributed by atoms with E-state index in [1.807, 2.05) is 32.0 Å². The second-order valence-electron chi connectivity index (χ2n) is 6.40. The normalized spacial score (nSPS) is 19.8. The van der Waals surface area contributed by atoms with Crippen LogP contribution in [0.5, 0.6) is 0 Å². The lowest BCUT2D eigenvalue weighted by Gasteiger charge is -2.24. The number of aliphatic hydroxyl groups is 1. The van der Waals surface area contributed by atoms with E-state index in [1.54, 1.807) is 7.11 Å². The highest BCUT2D eigenvalue weighted by molar-refractivity contribution is 5.74. The zero-order valence-electron chi connectivity index (χ0n) is 14.7. The van der Waals surface area contributed by atoms with Crippen LogP contribution in [0.25, 0.3) is 0 Å². The minimum atomic E-state index is -0.738. The van der Waals surface area contributed by atoms with E-state index in [1.165, 1.54) is 0 Å². The second-order valence-corrected chi connectivity index (χ2v) is 6.40. The minimum Gasteiger partial charge on any atom is -0.387 e. The van der Waals surface area contributed by atoms with E-state index in [9.17, 15) is 9.90 Å². The Morgan fingerprint density at radius 2 is 2.08 bits per heavy atom. The number of urea groups is 1. The molecule has 134 valence electrons. The first-order valence-electron chi connectivity index (χ1n) is 8.40. The van der Waals surface area contributed by atoms with Crippen molar-refractivity contribution in [2.45, 2.75) is 44.9 Å². The summed E-state index contributed by atoms with van der Waals surface area (Å²) in [6.07, 6.45) is 1.16. The average molecular weight is 336 g/mol. The van der Waals surface area contributed by atoms with Gasteiger partial charge in [0.2, 0.25) is 0 Å². The quantitative estimate of drug-likeness (QED) is 0.710. The molecule has 2 rings (SSSR count). The number of methoxy groups -OCH3 is 1. The number of benzene rings is 1. The van der Waals surface area contributed by atoms with Gasteiger partial charge in [-0.15, -0.1) is 0 Å². The molecule has 1 aromatic rings. The van der Waals surface area contributed by atoms with Crippen LogP contribution in [0, 0.1) is 13.8 Å². The first-order chi connectivity index (χ1) is 11.5. The predicted molar refractivity (Wildman–Crippen MR) is 92.0 cm³/mol.